The van der Waals surface area contributed by atoms with Crippen LogP contribution in [0.15, 0.2) is 30.3 Å². The third kappa shape index (κ3) is 5.07. The van der Waals surface area contributed by atoms with E-state index in [2.05, 4.69) is 22.3 Å². The van der Waals surface area contributed by atoms with E-state index >= 15 is 0 Å². The van der Waals surface area contributed by atoms with E-state index in [0.717, 1.165) is 24.9 Å². The molecular formula is C20H28N4O3. The fourth-order valence-corrected chi connectivity index (χ4v) is 3.81. The van der Waals surface area contributed by atoms with Gasteiger partial charge in [-0.1, -0.05) is 30.3 Å². The molecule has 0 aromatic heterocycles. The van der Waals surface area contributed by atoms with E-state index in [9.17, 15) is 14.4 Å². The Kier molecular flexibility index (Phi) is 6.45. The van der Waals surface area contributed by atoms with Crippen molar-refractivity contribution in [2.45, 2.75) is 32.4 Å². The molecule has 0 spiro atoms. The lowest BCUT2D eigenvalue weighted by Gasteiger charge is -2.42. The third-order valence-electron chi connectivity index (χ3n) is 5.31. The van der Waals surface area contributed by atoms with E-state index in [1.54, 1.807) is 4.90 Å². The molecule has 0 radical (unpaired) electrons. The van der Waals surface area contributed by atoms with Crippen molar-refractivity contribution in [1.82, 2.24) is 20.0 Å². The number of hydrogen-bond acceptors (Lipinski definition) is 4. The van der Waals surface area contributed by atoms with Crippen LogP contribution in [0.5, 0.6) is 0 Å². The molecule has 146 valence electrons. The summed E-state index contributed by atoms with van der Waals surface area (Å²) in [5.74, 6) is -0.0676. The van der Waals surface area contributed by atoms with Gasteiger partial charge in [-0.3, -0.25) is 19.3 Å². The van der Waals surface area contributed by atoms with Crippen LogP contribution in [0.2, 0.25) is 0 Å². The molecule has 2 aliphatic heterocycles. The Hall–Kier alpha value is -2.41. The Balaban J connectivity index is 1.52. The number of amides is 3. The number of piperidine rings is 1. The highest BCUT2D eigenvalue weighted by Gasteiger charge is 2.35. The molecule has 27 heavy (non-hydrogen) atoms. The van der Waals surface area contributed by atoms with E-state index in [-0.39, 0.29) is 30.3 Å². The molecule has 0 saturated carbocycles. The van der Waals surface area contributed by atoms with Gasteiger partial charge in [0.15, 0.2) is 0 Å². The van der Waals surface area contributed by atoms with Gasteiger partial charge in [0.05, 0.1) is 12.6 Å². The number of nitrogens with zero attached hydrogens (tertiary/aromatic N) is 3. The van der Waals surface area contributed by atoms with E-state index in [1.807, 2.05) is 23.1 Å². The minimum absolute atomic E-state index is 0.0442. The van der Waals surface area contributed by atoms with Crippen LogP contribution >= 0.6 is 0 Å². The highest BCUT2D eigenvalue weighted by atomic mass is 16.2. The number of hydrogen-bond donors (Lipinski definition) is 1. The average Bonchev–Trinajstić information content (AvgIpc) is 2.69. The average molecular weight is 372 g/mol. The van der Waals surface area contributed by atoms with Crippen LogP contribution in [-0.2, 0) is 20.9 Å². The van der Waals surface area contributed by atoms with Crippen LogP contribution < -0.4 is 5.32 Å². The fourth-order valence-electron chi connectivity index (χ4n) is 3.81. The quantitative estimate of drug-likeness (QED) is 0.815. The number of rotatable bonds is 5. The SMILES string of the molecule is CC(=O)NCC(=O)N1CCN([C@@H]2CCCN(Cc3ccccc3)C2=O)CC1. The normalized spacial score (nSPS) is 21.2. The molecule has 2 fully saturated rings. The zero-order valence-corrected chi connectivity index (χ0v) is 15.9. The maximum atomic E-state index is 13.0. The Morgan fingerprint density at radius 1 is 1.07 bits per heavy atom. The summed E-state index contributed by atoms with van der Waals surface area (Å²) in [6, 6.07) is 10.00. The highest BCUT2D eigenvalue weighted by Crippen LogP contribution is 2.21. The number of likely N-dealkylation sites (tertiary alicyclic amines) is 1. The predicted molar refractivity (Wildman–Crippen MR) is 102 cm³/mol. The summed E-state index contributed by atoms with van der Waals surface area (Å²) in [5, 5.41) is 2.55. The van der Waals surface area contributed by atoms with Gasteiger partial charge in [-0.25, -0.2) is 0 Å². The molecule has 0 aliphatic carbocycles. The number of piperazine rings is 1. The Morgan fingerprint density at radius 2 is 1.78 bits per heavy atom. The molecular weight excluding hydrogens is 344 g/mol. The van der Waals surface area contributed by atoms with Gasteiger partial charge >= 0.3 is 0 Å². The first-order valence-corrected chi connectivity index (χ1v) is 9.63. The second kappa shape index (κ2) is 8.99. The van der Waals surface area contributed by atoms with Crippen molar-refractivity contribution in [3.05, 3.63) is 35.9 Å². The van der Waals surface area contributed by atoms with Crippen molar-refractivity contribution in [2.75, 3.05) is 39.3 Å². The van der Waals surface area contributed by atoms with E-state index in [4.69, 9.17) is 0 Å². The van der Waals surface area contributed by atoms with Crippen LogP contribution in [0.4, 0.5) is 0 Å². The molecule has 0 unspecified atom stereocenters. The summed E-state index contributed by atoms with van der Waals surface area (Å²) in [6.07, 6.45) is 1.88. The van der Waals surface area contributed by atoms with Gasteiger partial charge in [-0.15, -0.1) is 0 Å². The molecule has 1 aromatic rings. The summed E-state index contributed by atoms with van der Waals surface area (Å²) < 4.78 is 0. The molecule has 2 aliphatic rings. The Labute approximate surface area is 160 Å². The molecule has 1 aromatic carbocycles. The maximum absolute atomic E-state index is 13.0. The van der Waals surface area contributed by atoms with E-state index in [1.165, 1.54) is 6.92 Å². The van der Waals surface area contributed by atoms with Gasteiger partial charge in [-0.05, 0) is 18.4 Å². The van der Waals surface area contributed by atoms with Gasteiger partial charge in [0.1, 0.15) is 0 Å². The van der Waals surface area contributed by atoms with Crippen molar-refractivity contribution >= 4 is 17.7 Å². The Morgan fingerprint density at radius 3 is 2.44 bits per heavy atom. The zero-order valence-electron chi connectivity index (χ0n) is 15.9. The first kappa shape index (κ1) is 19.4. The monoisotopic (exact) mass is 372 g/mol. The van der Waals surface area contributed by atoms with Gasteiger partial charge < -0.3 is 15.1 Å². The summed E-state index contributed by atoms with van der Waals surface area (Å²) in [5.41, 5.74) is 1.15. The van der Waals surface area contributed by atoms with Crippen molar-refractivity contribution in [3.8, 4) is 0 Å². The molecule has 0 bridgehead atoms. The minimum Gasteiger partial charge on any atom is -0.347 e. The third-order valence-corrected chi connectivity index (χ3v) is 5.31. The van der Waals surface area contributed by atoms with Gasteiger partial charge in [0, 0.05) is 46.2 Å². The van der Waals surface area contributed by atoms with Gasteiger partial charge in [0.2, 0.25) is 17.7 Å². The molecule has 3 rings (SSSR count). The standard InChI is InChI=1S/C20H28N4O3/c1-16(25)21-14-19(26)23-12-10-22(11-13-23)18-8-5-9-24(20(18)27)15-17-6-3-2-4-7-17/h2-4,6-7,18H,5,8-15H2,1H3,(H,21,25)/t18-/m1/s1. The highest BCUT2D eigenvalue weighted by molar-refractivity contribution is 5.84. The molecule has 1 N–H and O–H groups in total. The minimum atomic E-state index is -0.201. The van der Waals surface area contributed by atoms with Crippen molar-refractivity contribution in [2.24, 2.45) is 0 Å². The summed E-state index contributed by atoms with van der Waals surface area (Å²) in [7, 11) is 0. The van der Waals surface area contributed by atoms with Gasteiger partial charge in [0.25, 0.3) is 0 Å². The van der Waals surface area contributed by atoms with Crippen LogP contribution in [0, 0.1) is 0 Å². The lowest BCUT2D eigenvalue weighted by molar-refractivity contribution is -0.143. The van der Waals surface area contributed by atoms with Crippen molar-refractivity contribution < 1.29 is 14.4 Å². The summed E-state index contributed by atoms with van der Waals surface area (Å²) >= 11 is 0. The first-order chi connectivity index (χ1) is 13.0. The molecule has 1 atom stereocenters. The van der Waals surface area contributed by atoms with E-state index < -0.39 is 0 Å². The molecule has 2 saturated heterocycles. The first-order valence-electron chi connectivity index (χ1n) is 9.63. The number of nitrogens with one attached hydrogen (secondary N) is 1. The van der Waals surface area contributed by atoms with Crippen LogP contribution in [0.3, 0.4) is 0 Å². The predicted octanol–water partition coefficient (Wildman–Crippen LogP) is 0.458. The Bertz CT molecular complexity index is 671. The maximum Gasteiger partial charge on any atom is 0.242 e. The lowest BCUT2D eigenvalue weighted by atomic mass is 10.0. The lowest BCUT2D eigenvalue weighted by Crippen LogP contribution is -2.58. The van der Waals surface area contributed by atoms with Crippen LogP contribution in [0.25, 0.3) is 0 Å². The zero-order chi connectivity index (χ0) is 19.2. The topological polar surface area (TPSA) is 73.0 Å². The summed E-state index contributed by atoms with van der Waals surface area (Å²) in [4.78, 5) is 42.0. The molecule has 2 heterocycles. The largest absolute Gasteiger partial charge is 0.347 e. The fraction of sp³-hybridized carbons (Fsp3) is 0.550. The summed E-state index contributed by atoms with van der Waals surface area (Å²) in [6.45, 7) is 5.50. The molecule has 7 heteroatoms. The van der Waals surface area contributed by atoms with Gasteiger partial charge in [-0.2, -0.15) is 0 Å². The second-order valence-electron chi connectivity index (χ2n) is 7.23. The second-order valence-corrected chi connectivity index (χ2v) is 7.23. The molecule has 3 amide bonds. The van der Waals surface area contributed by atoms with Crippen LogP contribution in [-0.4, -0.2) is 77.7 Å². The van der Waals surface area contributed by atoms with E-state index in [0.29, 0.717) is 32.7 Å². The van der Waals surface area contributed by atoms with Crippen molar-refractivity contribution in [1.29, 1.82) is 0 Å². The molecule has 7 nitrogen and oxygen atoms in total. The number of carbonyl (C=O) groups excluding carboxylic acids is 3. The number of carbonyl (C=O) groups is 3. The van der Waals surface area contributed by atoms with Crippen LogP contribution in [0.1, 0.15) is 25.3 Å². The number of benzene rings is 1. The smallest absolute Gasteiger partial charge is 0.242 e. The van der Waals surface area contributed by atoms with Crippen molar-refractivity contribution in [3.63, 3.8) is 0 Å².